The van der Waals surface area contributed by atoms with E-state index < -0.39 is 5.92 Å². The number of dihydropyridines is 1. The quantitative estimate of drug-likeness (QED) is 0.494. The third-order valence-corrected chi connectivity index (χ3v) is 9.49. The SMILES string of the molecule is CSC1=CC(C)=NC(=O)C1CNC(=O)c1c(C)n([C@H](C)C2CCC(NC3(C)COC3)CC2)c2ccccc12. The average Bonchev–Trinajstić information content (AvgIpc) is 3.18. The Morgan fingerprint density at radius 3 is 2.58 bits per heavy atom. The van der Waals surface area contributed by atoms with E-state index in [0.717, 1.165) is 47.6 Å². The molecule has 5 rings (SSSR count). The van der Waals surface area contributed by atoms with Crippen molar-refractivity contribution < 1.29 is 14.3 Å². The number of allylic oxidation sites excluding steroid dienone is 1. The third-order valence-electron chi connectivity index (χ3n) is 8.62. The molecule has 0 bridgehead atoms. The highest BCUT2D eigenvalue weighted by atomic mass is 32.2. The van der Waals surface area contributed by atoms with Gasteiger partial charge in [0, 0.05) is 45.8 Å². The van der Waals surface area contributed by atoms with Crippen molar-refractivity contribution in [3.8, 4) is 0 Å². The fraction of sp³-hybridized carbons (Fsp3) is 0.567. The number of aliphatic imine (C=N–C) groups is 1. The molecule has 38 heavy (non-hydrogen) atoms. The topological polar surface area (TPSA) is 84.7 Å². The van der Waals surface area contributed by atoms with E-state index in [4.69, 9.17) is 4.74 Å². The maximum Gasteiger partial charge on any atom is 0.255 e. The predicted molar refractivity (Wildman–Crippen MR) is 155 cm³/mol. The molecule has 1 aromatic heterocycles. The summed E-state index contributed by atoms with van der Waals surface area (Å²) in [7, 11) is 0. The standard InChI is InChI=1S/C30H40N4O3S/c1-18-14-26(38-5)24(28(35)32-18)15-31-29(36)27-20(3)34(25-9-7-6-8-23(25)27)19(2)21-10-12-22(13-11-21)33-30(4)16-37-17-30/h6-9,14,19,21-22,24,33H,10-13,15-17H2,1-5H3,(H,31,36)/t19-,21?,22?,24?/m1/s1. The summed E-state index contributed by atoms with van der Waals surface area (Å²) in [4.78, 5) is 31.2. The van der Waals surface area contributed by atoms with Crippen LogP contribution in [0.2, 0.25) is 0 Å². The molecule has 2 aliphatic heterocycles. The number of carbonyl (C=O) groups excluding carboxylic acids is 2. The monoisotopic (exact) mass is 536 g/mol. The molecule has 1 aliphatic carbocycles. The van der Waals surface area contributed by atoms with Crippen molar-refractivity contribution in [3.63, 3.8) is 0 Å². The maximum atomic E-state index is 13.6. The first-order chi connectivity index (χ1) is 18.2. The molecule has 2 amide bonds. The summed E-state index contributed by atoms with van der Waals surface area (Å²) in [6.45, 7) is 10.3. The van der Waals surface area contributed by atoms with Crippen LogP contribution in [0.4, 0.5) is 0 Å². The van der Waals surface area contributed by atoms with E-state index in [9.17, 15) is 9.59 Å². The van der Waals surface area contributed by atoms with E-state index in [1.807, 2.05) is 37.5 Å². The second-order valence-corrected chi connectivity index (χ2v) is 12.4. The van der Waals surface area contributed by atoms with Crippen LogP contribution >= 0.6 is 11.8 Å². The molecule has 0 radical (unpaired) electrons. The van der Waals surface area contributed by atoms with Crippen LogP contribution in [0.3, 0.4) is 0 Å². The zero-order valence-electron chi connectivity index (χ0n) is 23.2. The summed E-state index contributed by atoms with van der Waals surface area (Å²) >= 11 is 1.54. The van der Waals surface area contributed by atoms with Gasteiger partial charge in [-0.05, 0) is 77.7 Å². The zero-order chi connectivity index (χ0) is 27.0. The van der Waals surface area contributed by atoms with Gasteiger partial charge in [0.2, 0.25) is 0 Å². The van der Waals surface area contributed by atoms with Crippen LogP contribution < -0.4 is 10.6 Å². The molecule has 1 aromatic carbocycles. The lowest BCUT2D eigenvalue weighted by molar-refractivity contribution is -0.120. The van der Waals surface area contributed by atoms with Crippen molar-refractivity contribution in [1.82, 2.24) is 15.2 Å². The Morgan fingerprint density at radius 1 is 1.21 bits per heavy atom. The molecule has 7 nitrogen and oxygen atoms in total. The van der Waals surface area contributed by atoms with Gasteiger partial charge < -0.3 is 19.9 Å². The minimum atomic E-state index is -0.428. The number of rotatable bonds is 8. The molecule has 204 valence electrons. The molecule has 8 heteroatoms. The average molecular weight is 537 g/mol. The van der Waals surface area contributed by atoms with Gasteiger partial charge in [-0.1, -0.05) is 18.2 Å². The number of benzene rings is 1. The normalized spacial score (nSPS) is 25.9. The number of thioether (sulfide) groups is 1. The molecule has 1 unspecified atom stereocenters. The Hall–Kier alpha value is -2.42. The first kappa shape index (κ1) is 27.2. The van der Waals surface area contributed by atoms with Gasteiger partial charge in [0.1, 0.15) is 0 Å². The van der Waals surface area contributed by atoms with E-state index in [-0.39, 0.29) is 29.9 Å². The Morgan fingerprint density at radius 2 is 1.92 bits per heavy atom. The van der Waals surface area contributed by atoms with Gasteiger partial charge in [-0.3, -0.25) is 9.59 Å². The largest absolute Gasteiger partial charge is 0.377 e. The lowest BCUT2D eigenvalue weighted by Gasteiger charge is -2.44. The predicted octanol–water partition coefficient (Wildman–Crippen LogP) is 5.04. The fourth-order valence-corrected chi connectivity index (χ4v) is 7.29. The van der Waals surface area contributed by atoms with Crippen molar-refractivity contribution in [2.45, 2.75) is 71.0 Å². The number of fused-ring (bicyclic) bond motifs is 1. The number of hydrogen-bond acceptors (Lipinski definition) is 5. The molecular weight excluding hydrogens is 496 g/mol. The van der Waals surface area contributed by atoms with Crippen LogP contribution in [0, 0.1) is 18.8 Å². The second-order valence-electron chi connectivity index (χ2n) is 11.5. The Labute approximate surface area is 229 Å². The van der Waals surface area contributed by atoms with Gasteiger partial charge >= 0.3 is 0 Å². The summed E-state index contributed by atoms with van der Waals surface area (Å²) in [5.74, 6) is -0.193. The number of carbonyl (C=O) groups is 2. The van der Waals surface area contributed by atoms with Gasteiger partial charge in [-0.15, -0.1) is 11.8 Å². The van der Waals surface area contributed by atoms with E-state index in [1.165, 1.54) is 24.6 Å². The minimum absolute atomic E-state index is 0.131. The Bertz CT molecular complexity index is 1280. The number of nitrogens with zero attached hydrogens (tertiary/aromatic N) is 2. The smallest absolute Gasteiger partial charge is 0.255 e. The molecule has 1 saturated carbocycles. The van der Waals surface area contributed by atoms with Crippen LogP contribution in [0.25, 0.3) is 10.9 Å². The summed E-state index contributed by atoms with van der Waals surface area (Å²) in [5.41, 5.74) is 3.64. The lowest BCUT2D eigenvalue weighted by atomic mass is 9.81. The van der Waals surface area contributed by atoms with Crippen LogP contribution in [-0.4, -0.2) is 59.7 Å². The molecule has 1 saturated heterocycles. The minimum Gasteiger partial charge on any atom is -0.377 e. The molecule has 2 fully saturated rings. The Balaban J connectivity index is 1.32. The molecule has 3 aliphatic rings. The third kappa shape index (κ3) is 5.23. The van der Waals surface area contributed by atoms with Crippen molar-refractivity contribution >= 4 is 40.2 Å². The van der Waals surface area contributed by atoms with Crippen molar-refractivity contribution in [1.29, 1.82) is 0 Å². The maximum absolute atomic E-state index is 13.6. The number of aromatic nitrogens is 1. The number of para-hydroxylation sites is 1. The molecular formula is C30H40N4O3S. The molecule has 2 aromatic rings. The van der Waals surface area contributed by atoms with E-state index in [2.05, 4.69) is 47.0 Å². The summed E-state index contributed by atoms with van der Waals surface area (Å²) < 4.78 is 7.79. The highest BCUT2D eigenvalue weighted by Crippen LogP contribution is 2.38. The number of ether oxygens (including phenoxy) is 1. The number of hydrogen-bond donors (Lipinski definition) is 2. The summed E-state index contributed by atoms with van der Waals surface area (Å²) in [5, 5.41) is 7.85. The van der Waals surface area contributed by atoms with Crippen LogP contribution in [0.1, 0.15) is 68.5 Å². The molecule has 3 heterocycles. The molecule has 2 N–H and O–H groups in total. The van der Waals surface area contributed by atoms with Gasteiger partial charge in [-0.25, -0.2) is 4.99 Å². The van der Waals surface area contributed by atoms with Crippen LogP contribution in [-0.2, 0) is 9.53 Å². The summed E-state index contributed by atoms with van der Waals surface area (Å²) in [6.07, 6.45) is 8.55. The first-order valence-electron chi connectivity index (χ1n) is 13.8. The number of amides is 2. The molecule has 0 spiro atoms. The van der Waals surface area contributed by atoms with Gasteiger partial charge in [-0.2, -0.15) is 0 Å². The van der Waals surface area contributed by atoms with E-state index >= 15 is 0 Å². The first-order valence-corrected chi connectivity index (χ1v) is 15.0. The zero-order valence-corrected chi connectivity index (χ0v) is 24.0. The van der Waals surface area contributed by atoms with Crippen molar-refractivity contribution in [2.75, 3.05) is 26.0 Å². The highest BCUT2D eigenvalue weighted by Gasteiger charge is 2.37. The van der Waals surface area contributed by atoms with Gasteiger partial charge in [0.25, 0.3) is 11.8 Å². The highest BCUT2D eigenvalue weighted by molar-refractivity contribution is 8.02. The second kappa shape index (κ2) is 11.0. The fourth-order valence-electron chi connectivity index (χ4n) is 6.53. The van der Waals surface area contributed by atoms with Crippen molar-refractivity contribution in [3.05, 3.63) is 46.5 Å². The van der Waals surface area contributed by atoms with Gasteiger partial charge in [0.05, 0.1) is 30.2 Å². The van der Waals surface area contributed by atoms with Crippen LogP contribution in [0.5, 0.6) is 0 Å². The number of nitrogens with one attached hydrogen (secondary N) is 2. The van der Waals surface area contributed by atoms with E-state index in [0.29, 0.717) is 23.2 Å². The van der Waals surface area contributed by atoms with E-state index in [1.54, 1.807) is 0 Å². The van der Waals surface area contributed by atoms with Crippen LogP contribution in [0.15, 0.2) is 40.2 Å². The van der Waals surface area contributed by atoms with Gasteiger partial charge in [0.15, 0.2) is 0 Å². The lowest BCUT2D eigenvalue weighted by Crippen LogP contribution is -2.61. The van der Waals surface area contributed by atoms with Crippen molar-refractivity contribution in [2.24, 2.45) is 16.8 Å². The molecule has 2 atom stereocenters. The summed E-state index contributed by atoms with van der Waals surface area (Å²) in [6, 6.07) is 9.03. The Kier molecular flexibility index (Phi) is 7.85.